The molecule has 130 valence electrons. The number of aromatic nitrogens is 2. The molecule has 0 aliphatic rings. The summed E-state index contributed by atoms with van der Waals surface area (Å²) in [6, 6.07) is 6.40. The standard InChI is InChI=1S/C17H24N4OS2/c1-6-13-9-7-8-11(4)14(13)19-16-20-21-17(24-16)23-12(5)15(22)18-10(2)3/h7-10,12H,6H2,1-5H3,(H,18,22)(H,19,20). The molecule has 0 aliphatic carbocycles. The Morgan fingerprint density at radius 3 is 2.71 bits per heavy atom. The second kappa shape index (κ2) is 8.48. The van der Waals surface area contributed by atoms with Crippen LogP contribution in [-0.4, -0.2) is 27.4 Å². The lowest BCUT2D eigenvalue weighted by Crippen LogP contribution is -2.35. The SMILES string of the molecule is CCc1cccc(C)c1Nc1nnc(SC(C)C(=O)NC(C)C)s1. The number of carbonyl (C=O) groups is 1. The third-order valence-corrected chi connectivity index (χ3v) is 5.48. The highest BCUT2D eigenvalue weighted by molar-refractivity contribution is 8.02. The minimum atomic E-state index is -0.196. The number of carbonyl (C=O) groups excluding carboxylic acids is 1. The number of rotatable bonds is 7. The Hall–Kier alpha value is -1.60. The second-order valence-electron chi connectivity index (χ2n) is 5.88. The van der Waals surface area contributed by atoms with E-state index >= 15 is 0 Å². The van der Waals surface area contributed by atoms with Gasteiger partial charge in [-0.3, -0.25) is 4.79 Å². The fourth-order valence-corrected chi connectivity index (χ4v) is 4.13. The summed E-state index contributed by atoms with van der Waals surface area (Å²) in [7, 11) is 0. The molecule has 2 aromatic rings. The highest BCUT2D eigenvalue weighted by Crippen LogP contribution is 2.32. The smallest absolute Gasteiger partial charge is 0.233 e. The minimum absolute atomic E-state index is 0.0203. The van der Waals surface area contributed by atoms with Crippen molar-refractivity contribution in [1.82, 2.24) is 15.5 Å². The van der Waals surface area contributed by atoms with E-state index in [0.717, 1.165) is 21.6 Å². The molecule has 1 aromatic heterocycles. The highest BCUT2D eigenvalue weighted by atomic mass is 32.2. The molecule has 24 heavy (non-hydrogen) atoms. The van der Waals surface area contributed by atoms with Crippen LogP contribution in [0.15, 0.2) is 22.5 Å². The van der Waals surface area contributed by atoms with Crippen molar-refractivity contribution in [2.24, 2.45) is 0 Å². The summed E-state index contributed by atoms with van der Waals surface area (Å²) in [6.45, 7) is 10.0. The molecule has 0 fully saturated rings. The number of aryl methyl sites for hydroxylation is 2. The molecule has 5 nitrogen and oxygen atoms in total. The maximum Gasteiger partial charge on any atom is 0.233 e. The van der Waals surface area contributed by atoms with Crippen LogP contribution in [0.4, 0.5) is 10.8 Å². The molecule has 0 saturated carbocycles. The van der Waals surface area contributed by atoms with Gasteiger partial charge >= 0.3 is 0 Å². The predicted molar refractivity (Wildman–Crippen MR) is 102 cm³/mol. The van der Waals surface area contributed by atoms with Crippen LogP contribution in [0.1, 0.15) is 38.8 Å². The van der Waals surface area contributed by atoms with Crippen LogP contribution in [0.25, 0.3) is 0 Å². The van der Waals surface area contributed by atoms with Crippen molar-refractivity contribution in [3.05, 3.63) is 29.3 Å². The molecule has 0 radical (unpaired) electrons. The third-order valence-electron chi connectivity index (χ3n) is 3.46. The Bertz CT molecular complexity index is 700. The van der Waals surface area contributed by atoms with Gasteiger partial charge in [-0.25, -0.2) is 0 Å². The minimum Gasteiger partial charge on any atom is -0.353 e. The Kier molecular flexibility index (Phi) is 6.62. The van der Waals surface area contributed by atoms with E-state index in [-0.39, 0.29) is 17.2 Å². The second-order valence-corrected chi connectivity index (χ2v) is 8.45. The molecule has 1 amide bonds. The van der Waals surface area contributed by atoms with Crippen molar-refractivity contribution in [1.29, 1.82) is 0 Å². The summed E-state index contributed by atoms with van der Waals surface area (Å²) in [5.41, 5.74) is 3.53. The summed E-state index contributed by atoms with van der Waals surface area (Å²) in [4.78, 5) is 12.0. The molecule has 2 rings (SSSR count). The van der Waals surface area contributed by atoms with E-state index < -0.39 is 0 Å². The summed E-state index contributed by atoms with van der Waals surface area (Å²) in [5.74, 6) is 0.0203. The van der Waals surface area contributed by atoms with Crippen molar-refractivity contribution < 1.29 is 4.79 Å². The topological polar surface area (TPSA) is 66.9 Å². The van der Waals surface area contributed by atoms with Gasteiger partial charge in [0.2, 0.25) is 11.0 Å². The van der Waals surface area contributed by atoms with Gasteiger partial charge in [0.1, 0.15) is 0 Å². The number of para-hydroxylation sites is 1. The van der Waals surface area contributed by atoms with Crippen molar-refractivity contribution in [2.45, 2.75) is 56.7 Å². The zero-order valence-corrected chi connectivity index (χ0v) is 16.3. The zero-order chi connectivity index (χ0) is 17.7. The first-order valence-electron chi connectivity index (χ1n) is 8.06. The van der Waals surface area contributed by atoms with Crippen LogP contribution < -0.4 is 10.6 Å². The van der Waals surface area contributed by atoms with Crippen LogP contribution in [0.5, 0.6) is 0 Å². The number of nitrogens with one attached hydrogen (secondary N) is 2. The largest absolute Gasteiger partial charge is 0.353 e. The Morgan fingerprint density at radius 1 is 1.29 bits per heavy atom. The first kappa shape index (κ1) is 18.7. The molecule has 0 bridgehead atoms. The number of amides is 1. The molecule has 1 unspecified atom stereocenters. The summed E-state index contributed by atoms with van der Waals surface area (Å²) in [6.07, 6.45) is 0.955. The van der Waals surface area contributed by atoms with Crippen molar-refractivity contribution in [3.63, 3.8) is 0 Å². The van der Waals surface area contributed by atoms with Crippen molar-refractivity contribution in [2.75, 3.05) is 5.32 Å². The molecule has 0 saturated heterocycles. The molecule has 1 aromatic carbocycles. The van der Waals surface area contributed by atoms with Gasteiger partial charge in [0.25, 0.3) is 0 Å². The Labute approximate surface area is 151 Å². The fraction of sp³-hybridized carbons (Fsp3) is 0.471. The lowest BCUT2D eigenvalue weighted by Gasteiger charge is -2.12. The first-order valence-corrected chi connectivity index (χ1v) is 9.76. The number of anilines is 2. The quantitative estimate of drug-likeness (QED) is 0.722. The van der Waals surface area contributed by atoms with Gasteiger partial charge in [-0.15, -0.1) is 10.2 Å². The van der Waals surface area contributed by atoms with E-state index in [4.69, 9.17) is 0 Å². The van der Waals surface area contributed by atoms with Crippen LogP contribution in [0.3, 0.4) is 0 Å². The summed E-state index contributed by atoms with van der Waals surface area (Å²) < 4.78 is 0.788. The molecule has 1 atom stereocenters. The molecule has 0 aliphatic heterocycles. The lowest BCUT2D eigenvalue weighted by atomic mass is 10.1. The van der Waals surface area contributed by atoms with Gasteiger partial charge in [0.15, 0.2) is 4.34 Å². The maximum atomic E-state index is 12.0. The van der Waals surface area contributed by atoms with Crippen molar-refractivity contribution >= 4 is 39.8 Å². The van der Waals surface area contributed by atoms with Crippen LogP contribution in [0.2, 0.25) is 0 Å². The molecular formula is C17H24N4OS2. The molecular weight excluding hydrogens is 340 g/mol. The van der Waals surface area contributed by atoms with Gasteiger partial charge in [-0.05, 0) is 45.2 Å². The highest BCUT2D eigenvalue weighted by Gasteiger charge is 2.18. The Morgan fingerprint density at radius 2 is 2.04 bits per heavy atom. The number of hydrogen-bond donors (Lipinski definition) is 2. The van der Waals surface area contributed by atoms with Gasteiger partial charge in [0.05, 0.1) is 5.25 Å². The van der Waals surface area contributed by atoms with E-state index in [1.165, 1.54) is 34.2 Å². The molecule has 7 heteroatoms. The average molecular weight is 365 g/mol. The van der Waals surface area contributed by atoms with Crippen LogP contribution in [-0.2, 0) is 11.2 Å². The Balaban J connectivity index is 2.05. The zero-order valence-electron chi connectivity index (χ0n) is 14.7. The van der Waals surface area contributed by atoms with E-state index in [0.29, 0.717) is 0 Å². The van der Waals surface area contributed by atoms with E-state index in [1.807, 2.05) is 20.8 Å². The van der Waals surface area contributed by atoms with E-state index in [2.05, 4.69) is 52.9 Å². The van der Waals surface area contributed by atoms with Gasteiger partial charge < -0.3 is 10.6 Å². The van der Waals surface area contributed by atoms with E-state index in [9.17, 15) is 4.79 Å². The number of nitrogens with zero attached hydrogens (tertiary/aromatic N) is 2. The van der Waals surface area contributed by atoms with E-state index in [1.54, 1.807) is 0 Å². The predicted octanol–water partition coefficient (Wildman–Crippen LogP) is 4.16. The van der Waals surface area contributed by atoms with Crippen LogP contribution >= 0.6 is 23.1 Å². The molecule has 2 N–H and O–H groups in total. The maximum absolute atomic E-state index is 12.0. The average Bonchev–Trinajstić information content (AvgIpc) is 2.95. The van der Waals surface area contributed by atoms with Gasteiger partial charge in [-0.1, -0.05) is 48.2 Å². The summed E-state index contributed by atoms with van der Waals surface area (Å²) >= 11 is 2.90. The fourth-order valence-electron chi connectivity index (χ4n) is 2.22. The van der Waals surface area contributed by atoms with Gasteiger partial charge in [-0.2, -0.15) is 0 Å². The molecule has 0 spiro atoms. The monoisotopic (exact) mass is 364 g/mol. The normalized spacial score (nSPS) is 12.2. The third kappa shape index (κ3) is 4.95. The molecule has 1 heterocycles. The first-order chi connectivity index (χ1) is 11.4. The number of benzene rings is 1. The van der Waals surface area contributed by atoms with Crippen LogP contribution in [0, 0.1) is 6.92 Å². The summed E-state index contributed by atoms with van der Waals surface area (Å²) in [5, 5.41) is 15.2. The number of thioether (sulfide) groups is 1. The van der Waals surface area contributed by atoms with Gasteiger partial charge in [0, 0.05) is 11.7 Å². The number of hydrogen-bond acceptors (Lipinski definition) is 6. The lowest BCUT2D eigenvalue weighted by molar-refractivity contribution is -0.120. The van der Waals surface area contributed by atoms with Crippen molar-refractivity contribution in [3.8, 4) is 0 Å².